The minimum atomic E-state index is -0.645. The number of hydrogen-bond donors (Lipinski definition) is 1. The molecule has 0 saturated carbocycles. The molecule has 8 heteroatoms. The van der Waals surface area contributed by atoms with E-state index in [1.165, 1.54) is 11.8 Å². The Bertz CT molecular complexity index is 991. The number of fused-ring (bicyclic) bond motifs is 1. The van der Waals surface area contributed by atoms with Crippen molar-refractivity contribution in [1.29, 1.82) is 0 Å². The Morgan fingerprint density at radius 3 is 2.50 bits per heavy atom. The number of thioether (sulfide) groups is 1. The summed E-state index contributed by atoms with van der Waals surface area (Å²) >= 11 is 7.58. The van der Waals surface area contributed by atoms with Crippen LogP contribution < -0.4 is 5.32 Å². The fraction of sp³-hybridized carbons (Fsp3) is 0.458. The monoisotopic (exact) mass is 475 g/mol. The van der Waals surface area contributed by atoms with Gasteiger partial charge in [0.2, 0.25) is 5.91 Å². The Morgan fingerprint density at radius 2 is 1.91 bits per heavy atom. The van der Waals surface area contributed by atoms with Gasteiger partial charge < -0.3 is 15.0 Å². The Morgan fingerprint density at radius 1 is 1.25 bits per heavy atom. The quantitative estimate of drug-likeness (QED) is 0.556. The molecule has 2 heterocycles. The normalized spacial score (nSPS) is 18.4. The zero-order valence-corrected chi connectivity index (χ0v) is 20.9. The highest BCUT2D eigenvalue weighted by Crippen LogP contribution is 2.45. The van der Waals surface area contributed by atoms with Gasteiger partial charge in [-0.05, 0) is 56.7 Å². The minimum Gasteiger partial charge on any atom is -0.456 e. The van der Waals surface area contributed by atoms with Crippen LogP contribution in [0.25, 0.3) is 0 Å². The van der Waals surface area contributed by atoms with E-state index in [2.05, 4.69) is 24.2 Å². The number of nitrogens with one attached hydrogen (secondary N) is 1. The van der Waals surface area contributed by atoms with Crippen molar-refractivity contribution in [2.45, 2.75) is 59.6 Å². The van der Waals surface area contributed by atoms with Crippen LogP contribution in [-0.4, -0.2) is 34.1 Å². The highest BCUT2D eigenvalue weighted by molar-refractivity contribution is 8.16. The van der Waals surface area contributed by atoms with Crippen molar-refractivity contribution in [2.75, 3.05) is 6.54 Å². The van der Waals surface area contributed by atoms with E-state index < -0.39 is 17.6 Å². The van der Waals surface area contributed by atoms with E-state index in [9.17, 15) is 9.59 Å². The number of benzene rings is 1. The molecule has 0 spiro atoms. The number of ether oxygens (including phenoxy) is 1. The topological polar surface area (TPSA) is 71.0 Å². The lowest BCUT2D eigenvalue weighted by atomic mass is 9.93. The average Bonchev–Trinajstić information content (AvgIpc) is 3.06. The second-order valence-corrected chi connectivity index (χ2v) is 10.6. The zero-order valence-electron chi connectivity index (χ0n) is 19.4. The molecule has 0 aromatic heterocycles. The van der Waals surface area contributed by atoms with Crippen LogP contribution in [-0.2, 0) is 14.3 Å². The number of halogens is 1. The summed E-state index contributed by atoms with van der Waals surface area (Å²) in [5.74, 6) is -0.117. The number of hydrogen-bond acceptors (Lipinski definition) is 6. The van der Waals surface area contributed by atoms with Gasteiger partial charge in [-0.25, -0.2) is 9.79 Å². The summed E-state index contributed by atoms with van der Waals surface area (Å²) in [6, 6.07) is 6.92. The van der Waals surface area contributed by atoms with Crippen LogP contribution in [0.5, 0.6) is 0 Å². The second kappa shape index (κ2) is 9.71. The van der Waals surface area contributed by atoms with E-state index >= 15 is 0 Å². The Balaban J connectivity index is 1.99. The summed E-state index contributed by atoms with van der Waals surface area (Å²) in [6.07, 6.45) is 0.198. The van der Waals surface area contributed by atoms with Crippen LogP contribution in [0.3, 0.4) is 0 Å². The summed E-state index contributed by atoms with van der Waals surface area (Å²) in [5.41, 5.74) is 2.09. The number of amides is 1. The van der Waals surface area contributed by atoms with Crippen molar-refractivity contribution in [2.24, 2.45) is 10.9 Å². The van der Waals surface area contributed by atoms with Crippen molar-refractivity contribution >= 4 is 40.4 Å². The van der Waals surface area contributed by atoms with E-state index in [1.807, 2.05) is 50.1 Å². The molecular formula is C24H30ClN3O3S. The molecule has 1 atom stereocenters. The van der Waals surface area contributed by atoms with Gasteiger partial charge in [0.15, 0.2) is 5.17 Å². The van der Waals surface area contributed by atoms with Crippen LogP contribution in [0.2, 0.25) is 5.02 Å². The number of aliphatic imine (C=N–C) groups is 1. The van der Waals surface area contributed by atoms with E-state index in [0.717, 1.165) is 16.4 Å². The maximum absolute atomic E-state index is 13.3. The maximum Gasteiger partial charge on any atom is 0.338 e. The largest absolute Gasteiger partial charge is 0.456 e. The first-order valence-electron chi connectivity index (χ1n) is 10.7. The molecule has 1 amide bonds. The zero-order chi connectivity index (χ0) is 23.6. The van der Waals surface area contributed by atoms with Crippen molar-refractivity contribution in [3.05, 3.63) is 57.2 Å². The van der Waals surface area contributed by atoms with Crippen molar-refractivity contribution in [3.63, 3.8) is 0 Å². The Hall–Kier alpha value is -2.25. The predicted octanol–water partition coefficient (Wildman–Crippen LogP) is 5.42. The molecule has 6 nitrogen and oxygen atoms in total. The van der Waals surface area contributed by atoms with Gasteiger partial charge in [-0.2, -0.15) is 0 Å². The fourth-order valence-electron chi connectivity index (χ4n) is 3.47. The van der Waals surface area contributed by atoms with Gasteiger partial charge in [0.25, 0.3) is 0 Å². The standard InChI is InChI=1S/C24H30ClN3O3S/c1-14(2)12-26-19(29)11-18-13-32-23-27-15(3)20(22(30)31-24(4,5)6)21(28(18)23)16-7-9-17(25)10-8-16/h7-10,13-14,21H,11-12H2,1-6H3,(H,26,29). The molecule has 2 aliphatic heterocycles. The molecular weight excluding hydrogens is 446 g/mol. The number of allylic oxidation sites excluding steroid dienone is 1. The third-order valence-electron chi connectivity index (χ3n) is 4.85. The Kier molecular flexibility index (Phi) is 7.40. The lowest BCUT2D eigenvalue weighted by Gasteiger charge is -2.37. The Labute approximate surface area is 199 Å². The first kappa shape index (κ1) is 24.4. The third kappa shape index (κ3) is 5.75. The van der Waals surface area contributed by atoms with E-state index in [1.54, 1.807) is 12.1 Å². The van der Waals surface area contributed by atoms with E-state index in [4.69, 9.17) is 16.3 Å². The molecule has 32 heavy (non-hydrogen) atoms. The predicted molar refractivity (Wildman–Crippen MR) is 130 cm³/mol. The molecule has 0 fully saturated rings. The lowest BCUT2D eigenvalue weighted by Crippen LogP contribution is -2.39. The fourth-order valence-corrected chi connectivity index (χ4v) is 4.56. The summed E-state index contributed by atoms with van der Waals surface area (Å²) in [4.78, 5) is 32.5. The molecule has 2 aliphatic rings. The summed E-state index contributed by atoms with van der Waals surface area (Å²) in [7, 11) is 0. The smallest absolute Gasteiger partial charge is 0.338 e. The maximum atomic E-state index is 13.3. The van der Waals surface area contributed by atoms with E-state index in [-0.39, 0.29) is 12.3 Å². The highest BCUT2D eigenvalue weighted by Gasteiger charge is 2.41. The molecule has 1 unspecified atom stereocenters. The van der Waals surface area contributed by atoms with Gasteiger partial charge in [0.1, 0.15) is 5.60 Å². The number of carbonyl (C=O) groups is 2. The summed E-state index contributed by atoms with van der Waals surface area (Å²) < 4.78 is 5.73. The molecule has 172 valence electrons. The van der Waals surface area contributed by atoms with Gasteiger partial charge in [0.05, 0.1) is 23.7 Å². The molecule has 1 N–H and O–H groups in total. The van der Waals surface area contributed by atoms with Crippen LogP contribution in [0.4, 0.5) is 0 Å². The van der Waals surface area contributed by atoms with Crippen LogP contribution in [0.1, 0.15) is 59.6 Å². The van der Waals surface area contributed by atoms with Gasteiger partial charge in [-0.3, -0.25) is 4.79 Å². The summed E-state index contributed by atoms with van der Waals surface area (Å²) in [6.45, 7) is 12.1. The number of esters is 1. The third-order valence-corrected chi connectivity index (χ3v) is 6.00. The van der Waals surface area contributed by atoms with Crippen LogP contribution in [0, 0.1) is 5.92 Å². The van der Waals surface area contributed by atoms with Crippen molar-refractivity contribution in [1.82, 2.24) is 10.2 Å². The van der Waals surface area contributed by atoms with E-state index in [0.29, 0.717) is 28.8 Å². The molecule has 1 aromatic rings. The van der Waals surface area contributed by atoms with Gasteiger partial charge in [-0.15, -0.1) is 0 Å². The number of rotatable bonds is 6. The molecule has 1 aromatic carbocycles. The van der Waals surface area contributed by atoms with Crippen molar-refractivity contribution in [3.8, 4) is 0 Å². The minimum absolute atomic E-state index is 0.0632. The number of carbonyl (C=O) groups excluding carboxylic acids is 2. The van der Waals surface area contributed by atoms with Crippen LogP contribution in [0.15, 0.2) is 51.6 Å². The first-order valence-corrected chi connectivity index (χ1v) is 11.9. The van der Waals surface area contributed by atoms with Crippen LogP contribution >= 0.6 is 23.4 Å². The highest BCUT2D eigenvalue weighted by atomic mass is 35.5. The second-order valence-electron chi connectivity index (χ2n) is 9.32. The van der Waals surface area contributed by atoms with Gasteiger partial charge >= 0.3 is 5.97 Å². The number of amidine groups is 1. The van der Waals surface area contributed by atoms with Gasteiger partial charge in [0, 0.05) is 17.3 Å². The number of nitrogens with zero attached hydrogens (tertiary/aromatic N) is 2. The summed E-state index contributed by atoms with van der Waals surface area (Å²) in [5, 5.41) is 6.24. The molecule has 0 saturated heterocycles. The SMILES string of the molecule is CC1=C(C(=O)OC(C)(C)C)C(c2ccc(Cl)cc2)N2C(CC(=O)NCC(C)C)=CSC2=N1. The van der Waals surface area contributed by atoms with Gasteiger partial charge in [-0.1, -0.05) is 49.3 Å². The molecule has 3 rings (SSSR count). The molecule has 0 radical (unpaired) electrons. The first-order chi connectivity index (χ1) is 15.0. The van der Waals surface area contributed by atoms with Crippen molar-refractivity contribution < 1.29 is 14.3 Å². The molecule has 0 bridgehead atoms. The molecule has 0 aliphatic carbocycles. The average molecular weight is 476 g/mol. The lowest BCUT2D eigenvalue weighted by molar-refractivity contribution is -0.150.